The Balaban J connectivity index is 1.82. The number of carboxylic acids is 1. The van der Waals surface area contributed by atoms with Gasteiger partial charge < -0.3 is 20.3 Å². The molecular weight excluding hydrogens is 364 g/mol. The van der Waals surface area contributed by atoms with Gasteiger partial charge in [0.05, 0.1) is 28.2 Å². The average Bonchev–Trinajstić information content (AvgIpc) is 2.68. The summed E-state index contributed by atoms with van der Waals surface area (Å²) < 4.78 is 5.76. The monoisotopic (exact) mass is 378 g/mol. The highest BCUT2D eigenvalue weighted by Crippen LogP contribution is 2.47. The van der Waals surface area contributed by atoms with Crippen molar-refractivity contribution < 1.29 is 24.7 Å². The third kappa shape index (κ3) is 2.96. The average molecular weight is 378 g/mol. The fourth-order valence-electron chi connectivity index (χ4n) is 3.13. The lowest BCUT2D eigenvalue weighted by Crippen LogP contribution is -2.24. The molecule has 1 aliphatic carbocycles. The van der Waals surface area contributed by atoms with E-state index in [4.69, 9.17) is 9.84 Å². The molecule has 3 N–H and O–H groups in total. The number of benzene rings is 2. The molecule has 1 unspecified atom stereocenters. The Labute approximate surface area is 158 Å². The lowest BCUT2D eigenvalue weighted by atomic mass is 9.93. The van der Waals surface area contributed by atoms with E-state index in [2.05, 4.69) is 5.32 Å². The molecule has 0 amide bonds. The molecule has 8 nitrogen and oxygen atoms in total. The molecule has 0 saturated carbocycles. The van der Waals surface area contributed by atoms with E-state index in [9.17, 15) is 20.0 Å². The number of carbonyl (C=O) groups is 1. The fourth-order valence-corrected chi connectivity index (χ4v) is 3.13. The van der Waals surface area contributed by atoms with Crippen molar-refractivity contribution in [3.63, 3.8) is 0 Å². The number of phenolic OH excluding ortho intramolecular Hbond substituents is 1. The highest BCUT2D eigenvalue weighted by Gasteiger charge is 2.30. The fraction of sp³-hybridized carbons (Fsp3) is 0.0500. The second-order valence-electron chi connectivity index (χ2n) is 6.23. The summed E-state index contributed by atoms with van der Waals surface area (Å²) in [6.07, 6.45) is 9.15. The molecular formula is C20H14N2O6. The van der Waals surface area contributed by atoms with Crippen molar-refractivity contribution in [2.24, 2.45) is 0 Å². The number of aromatic carboxylic acids is 1. The quantitative estimate of drug-likeness (QED) is 0.416. The Kier molecular flexibility index (Phi) is 4.08. The summed E-state index contributed by atoms with van der Waals surface area (Å²) in [7, 11) is 0. The molecule has 0 aromatic heterocycles. The van der Waals surface area contributed by atoms with E-state index in [0.29, 0.717) is 5.56 Å². The minimum Gasteiger partial charge on any atom is -0.504 e. The largest absolute Gasteiger partial charge is 0.504 e. The van der Waals surface area contributed by atoms with Crippen LogP contribution in [0.2, 0.25) is 0 Å². The van der Waals surface area contributed by atoms with Crippen molar-refractivity contribution in [2.45, 2.75) is 6.04 Å². The maximum atomic E-state index is 11.5. The summed E-state index contributed by atoms with van der Waals surface area (Å²) in [6.45, 7) is 0. The minimum atomic E-state index is -1.07. The van der Waals surface area contributed by atoms with Crippen molar-refractivity contribution in [1.29, 1.82) is 0 Å². The number of fused-ring (bicyclic) bond motifs is 2. The van der Waals surface area contributed by atoms with Crippen LogP contribution in [-0.2, 0) is 0 Å². The van der Waals surface area contributed by atoms with Crippen molar-refractivity contribution in [3.05, 3.63) is 81.5 Å². The van der Waals surface area contributed by atoms with Crippen LogP contribution in [0.4, 0.5) is 11.4 Å². The van der Waals surface area contributed by atoms with E-state index < -0.39 is 10.9 Å². The standard InChI is InChI=1S/C20H14N2O6/c23-17-10-16(22(26)27)18-14(9-12-3-1-2-4-15(12)21-18)19(17)28-13-7-5-11(6-8-13)20(24)25/h1-10,15,21,23H,(H,24,25). The summed E-state index contributed by atoms with van der Waals surface area (Å²) in [6, 6.07) is 6.46. The Bertz CT molecular complexity index is 1080. The molecule has 0 spiro atoms. The predicted molar refractivity (Wildman–Crippen MR) is 102 cm³/mol. The molecule has 0 radical (unpaired) electrons. The van der Waals surface area contributed by atoms with Crippen LogP contribution >= 0.6 is 0 Å². The summed E-state index contributed by atoms with van der Waals surface area (Å²) in [4.78, 5) is 21.9. The zero-order valence-corrected chi connectivity index (χ0v) is 14.3. The van der Waals surface area contributed by atoms with E-state index in [1.807, 2.05) is 24.3 Å². The third-order valence-electron chi connectivity index (χ3n) is 4.47. The van der Waals surface area contributed by atoms with Gasteiger partial charge in [-0.2, -0.15) is 0 Å². The van der Waals surface area contributed by atoms with Crippen LogP contribution in [0.25, 0.3) is 6.08 Å². The van der Waals surface area contributed by atoms with Gasteiger partial charge in [-0.15, -0.1) is 0 Å². The van der Waals surface area contributed by atoms with Gasteiger partial charge in [0.1, 0.15) is 11.4 Å². The molecule has 1 aliphatic heterocycles. The first-order chi connectivity index (χ1) is 13.4. The van der Waals surface area contributed by atoms with Crippen LogP contribution in [-0.4, -0.2) is 27.1 Å². The maximum Gasteiger partial charge on any atom is 0.335 e. The first-order valence-corrected chi connectivity index (χ1v) is 8.32. The molecule has 0 fully saturated rings. The van der Waals surface area contributed by atoms with Gasteiger partial charge in [0.15, 0.2) is 11.5 Å². The zero-order chi connectivity index (χ0) is 19.8. The number of ether oxygens (including phenoxy) is 1. The second-order valence-corrected chi connectivity index (χ2v) is 6.23. The zero-order valence-electron chi connectivity index (χ0n) is 14.3. The van der Waals surface area contributed by atoms with Gasteiger partial charge in [0.2, 0.25) is 0 Å². The Morgan fingerprint density at radius 3 is 2.64 bits per heavy atom. The number of hydrogen-bond acceptors (Lipinski definition) is 6. The number of phenols is 1. The van der Waals surface area contributed by atoms with E-state index >= 15 is 0 Å². The molecule has 2 aromatic rings. The van der Waals surface area contributed by atoms with Gasteiger partial charge >= 0.3 is 5.97 Å². The Morgan fingerprint density at radius 1 is 1.21 bits per heavy atom. The molecule has 0 saturated heterocycles. The molecule has 1 heterocycles. The lowest BCUT2D eigenvalue weighted by Gasteiger charge is -2.27. The number of carboxylic acid groups (broad SMARTS) is 1. The second kappa shape index (κ2) is 6.58. The highest BCUT2D eigenvalue weighted by molar-refractivity contribution is 5.89. The molecule has 0 bridgehead atoms. The number of rotatable bonds is 4. The highest BCUT2D eigenvalue weighted by atomic mass is 16.6. The molecule has 2 aromatic carbocycles. The van der Waals surface area contributed by atoms with Crippen molar-refractivity contribution in [2.75, 3.05) is 5.32 Å². The van der Waals surface area contributed by atoms with Gasteiger partial charge in [-0.1, -0.05) is 24.3 Å². The number of anilines is 1. The van der Waals surface area contributed by atoms with Crippen LogP contribution in [0.3, 0.4) is 0 Å². The SMILES string of the molecule is O=C(O)c1ccc(Oc2c(O)cc([N+](=O)[O-])c3c2C=C2C=CC=CC2N3)cc1. The van der Waals surface area contributed by atoms with Crippen molar-refractivity contribution in [1.82, 2.24) is 0 Å². The summed E-state index contributed by atoms with van der Waals surface area (Å²) >= 11 is 0. The summed E-state index contributed by atoms with van der Waals surface area (Å²) in [5.74, 6) is -1.12. The summed E-state index contributed by atoms with van der Waals surface area (Å²) in [5, 5.41) is 33.9. The van der Waals surface area contributed by atoms with E-state index in [-0.39, 0.29) is 40.2 Å². The topological polar surface area (TPSA) is 122 Å². The van der Waals surface area contributed by atoms with Gasteiger partial charge in [-0.25, -0.2) is 4.79 Å². The Hall–Kier alpha value is -4.07. The minimum absolute atomic E-state index is 0.0464. The number of nitrogens with one attached hydrogen (secondary N) is 1. The van der Waals surface area contributed by atoms with Crippen molar-refractivity contribution >= 4 is 23.4 Å². The van der Waals surface area contributed by atoms with Gasteiger partial charge in [-0.3, -0.25) is 10.1 Å². The van der Waals surface area contributed by atoms with Crippen LogP contribution in [0.1, 0.15) is 15.9 Å². The van der Waals surface area contributed by atoms with Crippen LogP contribution in [0, 0.1) is 10.1 Å². The number of aromatic hydroxyl groups is 1. The number of nitro benzene ring substituents is 1. The van der Waals surface area contributed by atoms with Gasteiger partial charge in [0, 0.05) is 0 Å². The number of nitro groups is 1. The molecule has 28 heavy (non-hydrogen) atoms. The molecule has 4 rings (SSSR count). The first-order valence-electron chi connectivity index (χ1n) is 8.32. The number of allylic oxidation sites excluding steroid dienone is 2. The first kappa shape index (κ1) is 17.3. The lowest BCUT2D eigenvalue weighted by molar-refractivity contribution is -0.384. The van der Waals surface area contributed by atoms with Crippen LogP contribution < -0.4 is 10.1 Å². The van der Waals surface area contributed by atoms with Crippen molar-refractivity contribution in [3.8, 4) is 17.2 Å². The number of hydrogen-bond donors (Lipinski definition) is 3. The number of nitrogens with zero attached hydrogens (tertiary/aromatic N) is 1. The maximum absolute atomic E-state index is 11.5. The van der Waals surface area contributed by atoms with Crippen LogP contribution in [0.5, 0.6) is 17.2 Å². The summed E-state index contributed by atoms with van der Waals surface area (Å²) in [5.41, 5.74) is 1.28. The van der Waals surface area contributed by atoms with Gasteiger partial charge in [-0.05, 0) is 35.9 Å². The normalized spacial score (nSPS) is 16.4. The smallest absolute Gasteiger partial charge is 0.335 e. The van der Waals surface area contributed by atoms with Gasteiger partial charge in [0.25, 0.3) is 5.69 Å². The third-order valence-corrected chi connectivity index (χ3v) is 4.47. The van der Waals surface area contributed by atoms with E-state index in [1.165, 1.54) is 24.3 Å². The van der Waals surface area contributed by atoms with E-state index in [1.54, 1.807) is 6.08 Å². The Morgan fingerprint density at radius 2 is 1.96 bits per heavy atom. The molecule has 2 aliphatic rings. The molecule has 140 valence electrons. The predicted octanol–water partition coefficient (Wildman–Crippen LogP) is 4.09. The molecule has 1 atom stereocenters. The van der Waals surface area contributed by atoms with Crippen LogP contribution in [0.15, 0.2) is 60.2 Å². The van der Waals surface area contributed by atoms with E-state index in [0.717, 1.165) is 11.6 Å². The molecule has 8 heteroatoms.